The summed E-state index contributed by atoms with van der Waals surface area (Å²) in [6, 6.07) is 7.11. The fourth-order valence-electron chi connectivity index (χ4n) is 2.34. The van der Waals surface area contributed by atoms with Crippen molar-refractivity contribution in [3.8, 4) is 11.3 Å². The van der Waals surface area contributed by atoms with Crippen molar-refractivity contribution in [3.05, 3.63) is 44.5 Å². The van der Waals surface area contributed by atoms with Gasteiger partial charge in [0.05, 0.1) is 15.7 Å². The van der Waals surface area contributed by atoms with Crippen LogP contribution >= 0.6 is 39.1 Å². The van der Waals surface area contributed by atoms with Crippen molar-refractivity contribution in [1.82, 2.24) is 4.57 Å². The molecule has 1 heterocycles. The van der Waals surface area contributed by atoms with Gasteiger partial charge >= 0.3 is 5.97 Å². The first-order chi connectivity index (χ1) is 9.49. The molecule has 0 spiro atoms. The third kappa shape index (κ3) is 2.36. The van der Waals surface area contributed by atoms with Crippen molar-refractivity contribution in [2.75, 3.05) is 0 Å². The second kappa shape index (κ2) is 5.10. The van der Waals surface area contributed by atoms with Crippen molar-refractivity contribution in [2.24, 2.45) is 0 Å². The number of rotatable bonds is 3. The predicted octanol–water partition coefficient (Wildman–Crippen LogP) is 5.26. The van der Waals surface area contributed by atoms with Gasteiger partial charge in [-0.1, -0.05) is 39.1 Å². The molecule has 1 N–H and O–H groups in total. The summed E-state index contributed by atoms with van der Waals surface area (Å²) >= 11 is 15.9. The summed E-state index contributed by atoms with van der Waals surface area (Å²) in [5.41, 5.74) is 1.71. The Bertz CT molecular complexity index is 684. The molecule has 1 aliphatic carbocycles. The van der Waals surface area contributed by atoms with Gasteiger partial charge in [-0.3, -0.25) is 0 Å². The quantitative estimate of drug-likeness (QED) is 0.796. The largest absolute Gasteiger partial charge is 0.477 e. The van der Waals surface area contributed by atoms with Gasteiger partial charge in [0.25, 0.3) is 0 Å². The molecule has 0 unspecified atom stereocenters. The molecule has 6 heteroatoms. The standard InChI is InChI=1S/C14H10BrCl2NO2/c15-7-5-9(16)13(10(17)6-7)11-3-4-12(14(19)20)18(11)8-1-2-8/h3-6,8H,1-2H2,(H,19,20). The Balaban J connectivity index is 2.23. The van der Waals surface area contributed by atoms with Gasteiger partial charge in [0.2, 0.25) is 0 Å². The highest BCUT2D eigenvalue weighted by molar-refractivity contribution is 9.10. The van der Waals surface area contributed by atoms with Gasteiger partial charge < -0.3 is 9.67 Å². The van der Waals surface area contributed by atoms with Gasteiger partial charge in [-0.2, -0.15) is 0 Å². The second-order valence-electron chi connectivity index (χ2n) is 4.75. The maximum atomic E-state index is 11.3. The molecule has 0 aliphatic heterocycles. The van der Waals surface area contributed by atoms with Crippen molar-refractivity contribution >= 4 is 45.1 Å². The van der Waals surface area contributed by atoms with Crippen LogP contribution in [0.4, 0.5) is 0 Å². The van der Waals surface area contributed by atoms with Crippen LogP contribution < -0.4 is 0 Å². The highest BCUT2D eigenvalue weighted by atomic mass is 79.9. The fourth-order valence-corrected chi connectivity index (χ4v) is 3.74. The molecule has 0 amide bonds. The number of carboxylic acids is 1. The zero-order valence-corrected chi connectivity index (χ0v) is 13.3. The van der Waals surface area contributed by atoms with Crippen LogP contribution in [0.2, 0.25) is 10.0 Å². The van der Waals surface area contributed by atoms with E-state index < -0.39 is 5.97 Å². The number of carbonyl (C=O) groups is 1. The van der Waals surface area contributed by atoms with Crippen molar-refractivity contribution in [3.63, 3.8) is 0 Å². The minimum Gasteiger partial charge on any atom is -0.477 e. The maximum absolute atomic E-state index is 11.3. The summed E-state index contributed by atoms with van der Waals surface area (Å²) in [4.78, 5) is 11.3. The van der Waals surface area contributed by atoms with E-state index in [0.29, 0.717) is 15.6 Å². The molecular formula is C14H10BrCl2NO2. The SMILES string of the molecule is O=C(O)c1ccc(-c2c(Cl)cc(Br)cc2Cl)n1C1CC1. The van der Waals surface area contributed by atoms with Gasteiger partial charge in [0.15, 0.2) is 0 Å². The van der Waals surface area contributed by atoms with Crippen LogP contribution in [0.1, 0.15) is 29.4 Å². The van der Waals surface area contributed by atoms with E-state index in [1.807, 2.05) is 4.57 Å². The molecule has 0 saturated heterocycles. The highest BCUT2D eigenvalue weighted by Gasteiger charge is 2.31. The summed E-state index contributed by atoms with van der Waals surface area (Å²) in [7, 11) is 0. The minimum atomic E-state index is -0.937. The molecule has 0 bridgehead atoms. The van der Waals surface area contributed by atoms with Crippen LogP contribution in [0, 0.1) is 0 Å². The van der Waals surface area contributed by atoms with Crippen molar-refractivity contribution < 1.29 is 9.90 Å². The zero-order chi connectivity index (χ0) is 14.4. The number of aromatic nitrogens is 1. The van der Waals surface area contributed by atoms with Crippen LogP contribution in [0.3, 0.4) is 0 Å². The summed E-state index contributed by atoms with van der Waals surface area (Å²) in [6.45, 7) is 0. The molecule has 1 aromatic heterocycles. The molecule has 20 heavy (non-hydrogen) atoms. The van der Waals surface area contributed by atoms with Crippen LogP contribution in [0.15, 0.2) is 28.7 Å². The van der Waals surface area contributed by atoms with Gasteiger partial charge in [0, 0.05) is 16.1 Å². The Kier molecular flexibility index (Phi) is 3.56. The zero-order valence-electron chi connectivity index (χ0n) is 10.2. The molecule has 1 aromatic carbocycles. The lowest BCUT2D eigenvalue weighted by atomic mass is 10.1. The third-order valence-corrected chi connectivity index (χ3v) is 4.37. The van der Waals surface area contributed by atoms with E-state index in [2.05, 4.69) is 15.9 Å². The molecule has 0 radical (unpaired) electrons. The molecular weight excluding hydrogens is 365 g/mol. The maximum Gasteiger partial charge on any atom is 0.352 e. The van der Waals surface area contributed by atoms with Crippen LogP contribution in [0.25, 0.3) is 11.3 Å². The topological polar surface area (TPSA) is 42.2 Å². The smallest absolute Gasteiger partial charge is 0.352 e. The first-order valence-corrected chi connectivity index (χ1v) is 7.63. The van der Waals surface area contributed by atoms with E-state index in [-0.39, 0.29) is 11.7 Å². The number of benzene rings is 1. The number of halogens is 3. The van der Waals surface area contributed by atoms with Gasteiger partial charge in [-0.25, -0.2) is 4.79 Å². The molecule has 3 nitrogen and oxygen atoms in total. The lowest BCUT2D eigenvalue weighted by Gasteiger charge is -2.13. The molecule has 1 saturated carbocycles. The Morgan fingerprint density at radius 2 is 1.85 bits per heavy atom. The van der Waals surface area contributed by atoms with Crippen LogP contribution in [-0.4, -0.2) is 15.6 Å². The molecule has 0 atom stereocenters. The Labute approximate surface area is 134 Å². The van der Waals surface area contributed by atoms with Crippen molar-refractivity contribution in [2.45, 2.75) is 18.9 Å². The highest BCUT2D eigenvalue weighted by Crippen LogP contribution is 2.44. The van der Waals surface area contributed by atoms with Gasteiger partial charge in [-0.15, -0.1) is 0 Å². The Hall–Kier alpha value is -0.970. The lowest BCUT2D eigenvalue weighted by molar-refractivity contribution is 0.0685. The number of hydrogen-bond acceptors (Lipinski definition) is 1. The van der Waals surface area contributed by atoms with E-state index in [9.17, 15) is 9.90 Å². The van der Waals surface area contributed by atoms with E-state index in [1.165, 1.54) is 0 Å². The van der Waals surface area contributed by atoms with E-state index in [0.717, 1.165) is 23.0 Å². The fraction of sp³-hybridized carbons (Fsp3) is 0.214. The molecule has 1 fully saturated rings. The van der Waals surface area contributed by atoms with Gasteiger partial charge in [0.1, 0.15) is 5.69 Å². The lowest BCUT2D eigenvalue weighted by Crippen LogP contribution is -2.08. The minimum absolute atomic E-state index is 0.224. The average Bonchev–Trinajstić information content (AvgIpc) is 3.08. The first-order valence-electron chi connectivity index (χ1n) is 6.08. The summed E-state index contributed by atoms with van der Waals surface area (Å²) in [5.74, 6) is -0.937. The van der Waals surface area contributed by atoms with Crippen LogP contribution in [0.5, 0.6) is 0 Å². The van der Waals surface area contributed by atoms with Crippen molar-refractivity contribution in [1.29, 1.82) is 0 Å². The van der Waals surface area contributed by atoms with Crippen LogP contribution in [-0.2, 0) is 0 Å². The first kappa shape index (κ1) is 14.0. The number of carboxylic acid groups (broad SMARTS) is 1. The van der Waals surface area contributed by atoms with E-state index in [1.54, 1.807) is 24.3 Å². The Morgan fingerprint density at radius 1 is 1.25 bits per heavy atom. The predicted molar refractivity (Wildman–Crippen MR) is 82.8 cm³/mol. The summed E-state index contributed by atoms with van der Waals surface area (Å²) in [6.07, 6.45) is 1.96. The number of nitrogens with zero attached hydrogens (tertiary/aromatic N) is 1. The number of hydrogen-bond donors (Lipinski definition) is 1. The monoisotopic (exact) mass is 373 g/mol. The average molecular weight is 375 g/mol. The summed E-state index contributed by atoms with van der Waals surface area (Å²) in [5, 5.41) is 10.3. The molecule has 104 valence electrons. The van der Waals surface area contributed by atoms with E-state index >= 15 is 0 Å². The normalized spacial score (nSPS) is 14.6. The molecule has 2 aromatic rings. The summed E-state index contributed by atoms with van der Waals surface area (Å²) < 4.78 is 2.61. The van der Waals surface area contributed by atoms with Gasteiger partial charge in [-0.05, 0) is 37.1 Å². The van der Waals surface area contributed by atoms with E-state index in [4.69, 9.17) is 23.2 Å². The number of aromatic carboxylic acids is 1. The molecule has 3 rings (SSSR count). The second-order valence-corrected chi connectivity index (χ2v) is 6.48. The Morgan fingerprint density at radius 3 is 2.35 bits per heavy atom. The molecule has 1 aliphatic rings. The third-order valence-electron chi connectivity index (χ3n) is 3.31.